The highest BCUT2D eigenvalue weighted by atomic mass is 35.5. The minimum Gasteiger partial charge on any atom is -0.314 e. The summed E-state index contributed by atoms with van der Waals surface area (Å²) in [6, 6.07) is 19.4. The van der Waals surface area contributed by atoms with E-state index < -0.39 is 0 Å². The van der Waals surface area contributed by atoms with Crippen LogP contribution < -0.4 is 5.32 Å². The van der Waals surface area contributed by atoms with E-state index in [-0.39, 0.29) is 0 Å². The molecule has 1 nitrogen and oxygen atoms in total. The average Bonchev–Trinajstić information content (AvgIpc) is 2.45. The van der Waals surface area contributed by atoms with Crippen LogP contribution in [0.3, 0.4) is 0 Å². The highest BCUT2D eigenvalue weighted by Crippen LogP contribution is 2.22. The van der Waals surface area contributed by atoms with Gasteiger partial charge in [0, 0.05) is 23.5 Å². The van der Waals surface area contributed by atoms with Crippen molar-refractivity contribution in [2.75, 3.05) is 6.54 Å². The Bertz CT molecular complexity index is 505. The van der Waals surface area contributed by atoms with Crippen LogP contribution in [0.2, 0.25) is 5.02 Å². The van der Waals surface area contributed by atoms with Gasteiger partial charge in [0.05, 0.1) is 0 Å². The minimum absolute atomic E-state index is 0.470. The molecular formula is C18H22ClN. The van der Waals surface area contributed by atoms with Crippen LogP contribution in [0.4, 0.5) is 0 Å². The molecule has 106 valence electrons. The lowest BCUT2D eigenvalue weighted by molar-refractivity contribution is 0.527. The molecule has 1 atom stereocenters. The zero-order valence-electron chi connectivity index (χ0n) is 12.1. The van der Waals surface area contributed by atoms with E-state index in [1.165, 1.54) is 11.1 Å². The molecule has 1 unspecified atom stereocenters. The van der Waals surface area contributed by atoms with E-state index >= 15 is 0 Å². The largest absolute Gasteiger partial charge is 0.314 e. The molecule has 0 spiro atoms. The van der Waals surface area contributed by atoms with Crippen molar-refractivity contribution in [2.24, 2.45) is 0 Å². The monoisotopic (exact) mass is 287 g/mol. The summed E-state index contributed by atoms with van der Waals surface area (Å²) in [7, 11) is 0. The van der Waals surface area contributed by atoms with Crippen molar-refractivity contribution in [1.82, 2.24) is 5.32 Å². The van der Waals surface area contributed by atoms with Crippen LogP contribution in [0.15, 0.2) is 54.6 Å². The topological polar surface area (TPSA) is 12.0 Å². The zero-order valence-corrected chi connectivity index (χ0v) is 12.9. The molecule has 1 N–H and O–H groups in total. The zero-order chi connectivity index (χ0) is 14.4. The Morgan fingerprint density at radius 2 is 1.60 bits per heavy atom. The van der Waals surface area contributed by atoms with Crippen LogP contribution in [0.5, 0.6) is 0 Å². The standard InChI is InChI=1S/C18H22ClN/c1-14(2)20-13-17(12-15-6-4-3-5-7-15)16-8-10-18(19)11-9-16/h3-11,14,17,20H,12-13H2,1-2H3. The summed E-state index contributed by atoms with van der Waals surface area (Å²) in [6.07, 6.45) is 1.04. The molecule has 20 heavy (non-hydrogen) atoms. The van der Waals surface area contributed by atoms with Crippen LogP contribution in [0, 0.1) is 0 Å². The Labute approximate surface area is 127 Å². The van der Waals surface area contributed by atoms with Crippen molar-refractivity contribution in [2.45, 2.75) is 32.2 Å². The van der Waals surface area contributed by atoms with Gasteiger partial charge in [-0.2, -0.15) is 0 Å². The van der Waals surface area contributed by atoms with Crippen LogP contribution >= 0.6 is 11.6 Å². The lowest BCUT2D eigenvalue weighted by atomic mass is 9.91. The molecule has 2 aromatic rings. The Balaban J connectivity index is 2.13. The molecule has 0 radical (unpaired) electrons. The predicted molar refractivity (Wildman–Crippen MR) is 87.5 cm³/mol. The second kappa shape index (κ2) is 7.47. The molecule has 0 saturated heterocycles. The van der Waals surface area contributed by atoms with Gasteiger partial charge in [0.15, 0.2) is 0 Å². The highest BCUT2D eigenvalue weighted by molar-refractivity contribution is 6.30. The number of hydrogen-bond acceptors (Lipinski definition) is 1. The third-order valence-corrected chi connectivity index (χ3v) is 3.69. The average molecular weight is 288 g/mol. The van der Waals surface area contributed by atoms with Gasteiger partial charge in [0.25, 0.3) is 0 Å². The SMILES string of the molecule is CC(C)NCC(Cc1ccccc1)c1ccc(Cl)cc1. The molecule has 2 heteroatoms. The summed E-state index contributed by atoms with van der Waals surface area (Å²) in [5.41, 5.74) is 2.71. The Morgan fingerprint density at radius 1 is 0.950 bits per heavy atom. The lowest BCUT2D eigenvalue weighted by Gasteiger charge is -2.20. The fraction of sp³-hybridized carbons (Fsp3) is 0.333. The molecule has 0 saturated carbocycles. The van der Waals surface area contributed by atoms with E-state index in [0.717, 1.165) is 18.0 Å². The summed E-state index contributed by atoms with van der Waals surface area (Å²) in [5, 5.41) is 4.34. The summed E-state index contributed by atoms with van der Waals surface area (Å²) in [5.74, 6) is 0.470. The minimum atomic E-state index is 0.470. The fourth-order valence-electron chi connectivity index (χ4n) is 2.32. The van der Waals surface area contributed by atoms with Gasteiger partial charge in [-0.25, -0.2) is 0 Å². The maximum absolute atomic E-state index is 5.99. The number of rotatable bonds is 6. The van der Waals surface area contributed by atoms with E-state index in [2.05, 4.69) is 61.6 Å². The molecular weight excluding hydrogens is 266 g/mol. The van der Waals surface area contributed by atoms with E-state index in [1.807, 2.05) is 12.1 Å². The predicted octanol–water partition coefficient (Wildman–Crippen LogP) is 4.66. The van der Waals surface area contributed by atoms with Gasteiger partial charge >= 0.3 is 0 Å². The number of hydrogen-bond donors (Lipinski definition) is 1. The molecule has 0 aromatic heterocycles. The van der Waals surface area contributed by atoms with Gasteiger partial charge in [0.2, 0.25) is 0 Å². The molecule has 0 bridgehead atoms. The van der Waals surface area contributed by atoms with Gasteiger partial charge in [-0.15, -0.1) is 0 Å². The van der Waals surface area contributed by atoms with Gasteiger partial charge in [-0.05, 0) is 29.7 Å². The smallest absolute Gasteiger partial charge is 0.0406 e. The van der Waals surface area contributed by atoms with Crippen LogP contribution in [-0.2, 0) is 6.42 Å². The first kappa shape index (κ1) is 15.1. The Morgan fingerprint density at radius 3 is 2.20 bits per heavy atom. The lowest BCUT2D eigenvalue weighted by Crippen LogP contribution is -2.28. The van der Waals surface area contributed by atoms with Crippen molar-refractivity contribution in [1.29, 1.82) is 0 Å². The van der Waals surface area contributed by atoms with Crippen LogP contribution in [-0.4, -0.2) is 12.6 Å². The fourth-order valence-corrected chi connectivity index (χ4v) is 2.45. The molecule has 0 amide bonds. The number of halogens is 1. The second-order valence-electron chi connectivity index (χ2n) is 5.50. The summed E-state index contributed by atoms with van der Waals surface area (Å²) in [6.45, 7) is 5.34. The van der Waals surface area contributed by atoms with Crippen LogP contribution in [0.1, 0.15) is 30.9 Å². The molecule has 0 fully saturated rings. The first-order chi connectivity index (χ1) is 9.65. The van der Waals surface area contributed by atoms with Crippen molar-refractivity contribution < 1.29 is 0 Å². The maximum Gasteiger partial charge on any atom is 0.0406 e. The molecule has 2 aromatic carbocycles. The van der Waals surface area contributed by atoms with Gasteiger partial charge in [-0.3, -0.25) is 0 Å². The summed E-state index contributed by atoms with van der Waals surface area (Å²) < 4.78 is 0. The van der Waals surface area contributed by atoms with E-state index in [9.17, 15) is 0 Å². The van der Waals surface area contributed by atoms with Crippen molar-refractivity contribution >= 4 is 11.6 Å². The first-order valence-corrected chi connectivity index (χ1v) is 7.55. The van der Waals surface area contributed by atoms with Gasteiger partial charge in [0.1, 0.15) is 0 Å². The molecule has 0 aliphatic rings. The normalized spacial score (nSPS) is 12.6. The first-order valence-electron chi connectivity index (χ1n) is 7.18. The van der Waals surface area contributed by atoms with Gasteiger partial charge in [-0.1, -0.05) is 67.9 Å². The Hall–Kier alpha value is -1.31. The second-order valence-corrected chi connectivity index (χ2v) is 5.94. The number of nitrogens with one attached hydrogen (secondary N) is 1. The third-order valence-electron chi connectivity index (χ3n) is 3.44. The molecule has 0 heterocycles. The summed E-state index contributed by atoms with van der Waals surface area (Å²) >= 11 is 5.99. The van der Waals surface area contributed by atoms with E-state index in [4.69, 9.17) is 11.6 Å². The Kier molecular flexibility index (Phi) is 5.63. The van der Waals surface area contributed by atoms with Gasteiger partial charge < -0.3 is 5.32 Å². The van der Waals surface area contributed by atoms with E-state index in [0.29, 0.717) is 12.0 Å². The number of benzene rings is 2. The quantitative estimate of drug-likeness (QED) is 0.814. The van der Waals surface area contributed by atoms with E-state index in [1.54, 1.807) is 0 Å². The van der Waals surface area contributed by atoms with Crippen molar-refractivity contribution in [3.63, 3.8) is 0 Å². The summed E-state index contributed by atoms with van der Waals surface area (Å²) in [4.78, 5) is 0. The maximum atomic E-state index is 5.99. The third kappa shape index (κ3) is 4.66. The molecule has 2 rings (SSSR count). The molecule has 0 aliphatic heterocycles. The highest BCUT2D eigenvalue weighted by Gasteiger charge is 2.12. The van der Waals surface area contributed by atoms with Crippen molar-refractivity contribution in [3.8, 4) is 0 Å². The molecule has 0 aliphatic carbocycles. The van der Waals surface area contributed by atoms with Crippen molar-refractivity contribution in [3.05, 3.63) is 70.7 Å². The van der Waals surface area contributed by atoms with Crippen LogP contribution in [0.25, 0.3) is 0 Å².